The van der Waals surface area contributed by atoms with Crippen molar-refractivity contribution in [2.75, 3.05) is 6.61 Å². The number of hydrogen-bond acceptors (Lipinski definition) is 3. The molecule has 1 heterocycles. The summed E-state index contributed by atoms with van der Waals surface area (Å²) in [6, 6.07) is 0.585. The predicted octanol–water partition coefficient (Wildman–Crippen LogP) is 3.14. The third kappa shape index (κ3) is 3.87. The van der Waals surface area contributed by atoms with Crippen molar-refractivity contribution in [2.24, 2.45) is 0 Å². The second kappa shape index (κ2) is 5.94. The normalized spacial score (nSPS) is 11.7. The van der Waals surface area contributed by atoms with Crippen molar-refractivity contribution in [3.63, 3.8) is 0 Å². The topological polar surface area (TPSA) is 39.2 Å². The molecular formula is C11H10F5NO2. The summed E-state index contributed by atoms with van der Waals surface area (Å²) in [5, 5.41) is 0. The first kappa shape index (κ1) is 15.3. The molecule has 0 unspecified atom stereocenters. The van der Waals surface area contributed by atoms with Gasteiger partial charge in [0.2, 0.25) is 0 Å². The number of esters is 1. The summed E-state index contributed by atoms with van der Waals surface area (Å²) < 4.78 is 68.0. The minimum absolute atomic E-state index is 0.0191. The Bertz CT molecular complexity index is 459. The summed E-state index contributed by atoms with van der Waals surface area (Å²) in [5.74, 6) is -0.952. The molecule has 0 bridgehead atoms. The van der Waals surface area contributed by atoms with Crippen LogP contribution in [0.3, 0.4) is 0 Å². The van der Waals surface area contributed by atoms with Gasteiger partial charge in [-0.3, -0.25) is 9.78 Å². The maximum Gasteiger partial charge on any atom is 0.418 e. The fourth-order valence-corrected chi connectivity index (χ4v) is 1.51. The van der Waals surface area contributed by atoms with E-state index in [1.165, 1.54) is 6.92 Å². The standard InChI is InChI=1S/C11H10F5NO2/c1-2-19-8(18)5-7-9(11(14,15)16)6(10(12)13)3-4-17-7/h3-4,10H,2,5H2,1H3. The summed E-state index contributed by atoms with van der Waals surface area (Å²) in [4.78, 5) is 14.5. The molecule has 0 N–H and O–H groups in total. The molecule has 0 aliphatic rings. The van der Waals surface area contributed by atoms with Crippen molar-refractivity contribution in [1.29, 1.82) is 0 Å². The number of ether oxygens (including phenoxy) is 1. The van der Waals surface area contributed by atoms with Gasteiger partial charge in [-0.1, -0.05) is 0 Å². The number of carbonyl (C=O) groups excluding carboxylic acids is 1. The van der Waals surface area contributed by atoms with Gasteiger partial charge in [-0.15, -0.1) is 0 Å². The van der Waals surface area contributed by atoms with E-state index in [1.54, 1.807) is 0 Å². The lowest BCUT2D eigenvalue weighted by Gasteiger charge is -2.15. The van der Waals surface area contributed by atoms with E-state index in [9.17, 15) is 26.7 Å². The number of aromatic nitrogens is 1. The number of carbonyl (C=O) groups is 1. The summed E-state index contributed by atoms with van der Waals surface area (Å²) in [6.07, 6.45) is -8.31. The Labute approximate surface area is 105 Å². The molecule has 0 amide bonds. The highest BCUT2D eigenvalue weighted by atomic mass is 19.4. The van der Waals surface area contributed by atoms with Gasteiger partial charge in [0.05, 0.1) is 24.3 Å². The number of rotatable bonds is 4. The molecule has 1 aromatic rings. The molecule has 106 valence electrons. The van der Waals surface area contributed by atoms with Crippen molar-refractivity contribution < 1.29 is 31.5 Å². The first-order valence-electron chi connectivity index (χ1n) is 5.26. The lowest BCUT2D eigenvalue weighted by Crippen LogP contribution is -2.18. The Morgan fingerprint density at radius 2 is 2.05 bits per heavy atom. The molecule has 8 heteroatoms. The summed E-state index contributed by atoms with van der Waals surface area (Å²) in [5.41, 5.74) is -3.52. The zero-order chi connectivity index (χ0) is 14.6. The van der Waals surface area contributed by atoms with Gasteiger partial charge in [0.1, 0.15) is 0 Å². The third-order valence-corrected chi connectivity index (χ3v) is 2.20. The van der Waals surface area contributed by atoms with Crippen LogP contribution in [0.2, 0.25) is 0 Å². The van der Waals surface area contributed by atoms with E-state index >= 15 is 0 Å². The second-order valence-electron chi connectivity index (χ2n) is 3.50. The highest BCUT2D eigenvalue weighted by molar-refractivity contribution is 5.72. The second-order valence-corrected chi connectivity index (χ2v) is 3.50. The zero-order valence-electron chi connectivity index (χ0n) is 9.80. The number of halogens is 5. The van der Waals surface area contributed by atoms with Crippen LogP contribution >= 0.6 is 0 Å². The Morgan fingerprint density at radius 1 is 1.42 bits per heavy atom. The highest BCUT2D eigenvalue weighted by Crippen LogP contribution is 2.38. The first-order chi connectivity index (χ1) is 8.77. The molecule has 19 heavy (non-hydrogen) atoms. The molecule has 0 aliphatic heterocycles. The van der Waals surface area contributed by atoms with Gasteiger partial charge in [-0.05, 0) is 13.0 Å². The summed E-state index contributed by atoms with van der Waals surface area (Å²) in [7, 11) is 0. The van der Waals surface area contributed by atoms with Gasteiger partial charge in [-0.25, -0.2) is 8.78 Å². The quantitative estimate of drug-likeness (QED) is 0.629. The number of nitrogens with zero attached hydrogens (tertiary/aromatic N) is 1. The van der Waals surface area contributed by atoms with Crippen LogP contribution in [0.5, 0.6) is 0 Å². The maximum absolute atomic E-state index is 12.8. The smallest absolute Gasteiger partial charge is 0.418 e. The molecule has 0 saturated carbocycles. The number of pyridine rings is 1. The largest absolute Gasteiger partial charge is 0.466 e. The highest BCUT2D eigenvalue weighted by Gasteiger charge is 2.39. The maximum atomic E-state index is 12.8. The molecule has 3 nitrogen and oxygen atoms in total. The summed E-state index contributed by atoms with van der Waals surface area (Å²) >= 11 is 0. The molecule has 1 aromatic heterocycles. The molecule has 0 aromatic carbocycles. The van der Waals surface area contributed by atoms with E-state index in [0.717, 1.165) is 6.20 Å². The van der Waals surface area contributed by atoms with Crippen LogP contribution in [-0.2, 0) is 22.1 Å². The molecule has 0 aliphatic carbocycles. The Hall–Kier alpha value is -1.73. The van der Waals surface area contributed by atoms with Crippen molar-refractivity contribution in [3.05, 3.63) is 29.1 Å². The molecular weight excluding hydrogens is 273 g/mol. The van der Waals surface area contributed by atoms with E-state index in [4.69, 9.17) is 0 Å². The van der Waals surface area contributed by atoms with Crippen molar-refractivity contribution >= 4 is 5.97 Å². The first-order valence-corrected chi connectivity index (χ1v) is 5.26. The van der Waals surface area contributed by atoms with Gasteiger partial charge < -0.3 is 4.74 Å². The van der Waals surface area contributed by atoms with E-state index in [-0.39, 0.29) is 6.61 Å². The lowest BCUT2D eigenvalue weighted by atomic mass is 10.0. The average molecular weight is 283 g/mol. The SMILES string of the molecule is CCOC(=O)Cc1nccc(C(F)F)c1C(F)(F)F. The minimum atomic E-state index is -5.01. The van der Waals surface area contributed by atoms with E-state index in [2.05, 4.69) is 9.72 Å². The number of hydrogen-bond donors (Lipinski definition) is 0. The fourth-order valence-electron chi connectivity index (χ4n) is 1.51. The van der Waals surface area contributed by atoms with Crippen LogP contribution in [0.15, 0.2) is 12.3 Å². The Balaban J connectivity index is 3.24. The van der Waals surface area contributed by atoms with Crippen LogP contribution in [0.25, 0.3) is 0 Å². The van der Waals surface area contributed by atoms with Crippen molar-refractivity contribution in [2.45, 2.75) is 25.9 Å². The third-order valence-electron chi connectivity index (χ3n) is 2.20. The van der Waals surface area contributed by atoms with E-state index in [0.29, 0.717) is 6.07 Å². The van der Waals surface area contributed by atoms with Crippen LogP contribution in [0.1, 0.15) is 30.2 Å². The minimum Gasteiger partial charge on any atom is -0.466 e. The zero-order valence-corrected chi connectivity index (χ0v) is 9.80. The van der Waals surface area contributed by atoms with E-state index < -0.39 is 41.8 Å². The van der Waals surface area contributed by atoms with Crippen LogP contribution in [-0.4, -0.2) is 17.6 Å². The number of alkyl halides is 5. The molecule has 1 rings (SSSR count). The van der Waals surface area contributed by atoms with Gasteiger partial charge >= 0.3 is 12.1 Å². The Morgan fingerprint density at radius 3 is 2.53 bits per heavy atom. The lowest BCUT2D eigenvalue weighted by molar-refractivity contribution is -0.144. The molecule has 0 saturated heterocycles. The predicted molar refractivity (Wildman–Crippen MR) is 54.5 cm³/mol. The fraction of sp³-hybridized carbons (Fsp3) is 0.455. The van der Waals surface area contributed by atoms with Gasteiger partial charge in [0.25, 0.3) is 6.43 Å². The van der Waals surface area contributed by atoms with Crippen molar-refractivity contribution in [1.82, 2.24) is 4.98 Å². The molecule has 0 fully saturated rings. The average Bonchev–Trinajstić information content (AvgIpc) is 2.27. The van der Waals surface area contributed by atoms with Crippen LogP contribution < -0.4 is 0 Å². The Kier molecular flexibility index (Phi) is 4.79. The summed E-state index contributed by atoms with van der Waals surface area (Å²) in [6.45, 7) is 1.46. The monoisotopic (exact) mass is 283 g/mol. The van der Waals surface area contributed by atoms with Gasteiger partial charge in [-0.2, -0.15) is 13.2 Å². The van der Waals surface area contributed by atoms with Gasteiger partial charge in [0, 0.05) is 11.8 Å². The molecule has 0 atom stereocenters. The van der Waals surface area contributed by atoms with Crippen LogP contribution in [0, 0.1) is 0 Å². The molecule has 0 spiro atoms. The van der Waals surface area contributed by atoms with Crippen molar-refractivity contribution in [3.8, 4) is 0 Å². The van der Waals surface area contributed by atoms with Crippen LogP contribution in [0.4, 0.5) is 22.0 Å². The molecule has 0 radical (unpaired) electrons. The van der Waals surface area contributed by atoms with E-state index in [1.807, 2.05) is 0 Å². The van der Waals surface area contributed by atoms with Gasteiger partial charge in [0.15, 0.2) is 0 Å².